The van der Waals surface area contributed by atoms with Gasteiger partial charge in [-0.15, -0.1) is 0 Å². The molecule has 2 N–H and O–H groups in total. The minimum Gasteiger partial charge on any atom is -0.304 e. The Balaban J connectivity index is 1.70. The number of benzene rings is 1. The van der Waals surface area contributed by atoms with Gasteiger partial charge in [-0.3, -0.25) is 14.6 Å². The molecule has 0 unspecified atom stereocenters. The van der Waals surface area contributed by atoms with Crippen molar-refractivity contribution in [1.82, 2.24) is 20.0 Å². The Hall–Kier alpha value is -2.31. The first-order valence-electron chi connectivity index (χ1n) is 6.40. The third-order valence-corrected chi connectivity index (χ3v) is 3.65. The molecule has 0 aliphatic rings. The number of aromatic amines is 1. The molecule has 3 aromatic rings. The first-order chi connectivity index (χ1) is 10.6. The lowest BCUT2D eigenvalue weighted by Crippen LogP contribution is -2.14. The first kappa shape index (κ1) is 14.6. The number of halogens is 2. The van der Waals surface area contributed by atoms with Gasteiger partial charge in [0.25, 0.3) is 5.91 Å². The summed E-state index contributed by atoms with van der Waals surface area (Å²) in [6, 6.07) is 9.22. The number of rotatable bonds is 4. The van der Waals surface area contributed by atoms with E-state index in [-0.39, 0.29) is 10.7 Å². The Morgan fingerprint density at radius 1 is 1.23 bits per heavy atom. The lowest BCUT2D eigenvalue weighted by molar-refractivity contribution is 0.102. The van der Waals surface area contributed by atoms with Crippen LogP contribution in [-0.4, -0.2) is 25.9 Å². The monoisotopic (exact) mass is 335 g/mol. The van der Waals surface area contributed by atoms with Gasteiger partial charge in [0.1, 0.15) is 5.69 Å². The zero-order valence-electron chi connectivity index (χ0n) is 11.3. The lowest BCUT2D eigenvalue weighted by Gasteiger charge is -2.04. The van der Waals surface area contributed by atoms with E-state index in [1.54, 1.807) is 16.9 Å². The Morgan fingerprint density at radius 2 is 2.05 bits per heavy atom. The maximum atomic E-state index is 12.0. The minimum atomic E-state index is -0.398. The van der Waals surface area contributed by atoms with E-state index in [1.165, 1.54) is 6.20 Å². The fraction of sp³-hybridized carbons (Fsp3) is 0.0714. The van der Waals surface area contributed by atoms with E-state index in [2.05, 4.69) is 20.6 Å². The number of carbonyl (C=O) groups excluding carboxylic acids is 1. The molecule has 22 heavy (non-hydrogen) atoms. The van der Waals surface area contributed by atoms with E-state index in [4.69, 9.17) is 23.2 Å². The number of amides is 1. The van der Waals surface area contributed by atoms with E-state index in [1.807, 2.05) is 24.3 Å². The Morgan fingerprint density at radius 3 is 2.77 bits per heavy atom. The quantitative estimate of drug-likeness (QED) is 0.768. The second kappa shape index (κ2) is 6.21. The molecule has 8 heteroatoms. The number of nitrogens with zero attached hydrogens (tertiary/aromatic N) is 3. The van der Waals surface area contributed by atoms with Gasteiger partial charge in [-0.2, -0.15) is 10.2 Å². The van der Waals surface area contributed by atoms with Crippen LogP contribution in [-0.2, 0) is 6.54 Å². The molecule has 0 fully saturated rings. The van der Waals surface area contributed by atoms with Crippen LogP contribution in [0, 0.1) is 0 Å². The number of anilines is 1. The van der Waals surface area contributed by atoms with Crippen molar-refractivity contribution in [1.29, 1.82) is 0 Å². The van der Waals surface area contributed by atoms with E-state index in [9.17, 15) is 4.79 Å². The average molecular weight is 336 g/mol. The molecule has 0 saturated carbocycles. The van der Waals surface area contributed by atoms with Crippen molar-refractivity contribution in [3.8, 4) is 0 Å². The molecular weight excluding hydrogens is 325 g/mol. The van der Waals surface area contributed by atoms with Gasteiger partial charge in [0.2, 0.25) is 0 Å². The third-order valence-electron chi connectivity index (χ3n) is 2.99. The highest BCUT2D eigenvalue weighted by atomic mass is 35.5. The molecule has 2 heterocycles. The van der Waals surface area contributed by atoms with Crippen LogP contribution >= 0.6 is 23.2 Å². The Labute approximate surface area is 136 Å². The average Bonchev–Trinajstić information content (AvgIpc) is 3.10. The topological polar surface area (TPSA) is 75.6 Å². The van der Waals surface area contributed by atoms with Gasteiger partial charge < -0.3 is 5.32 Å². The molecule has 0 spiro atoms. The number of H-pyrrole nitrogens is 1. The second-order valence-electron chi connectivity index (χ2n) is 4.54. The normalized spacial score (nSPS) is 10.6. The summed E-state index contributed by atoms with van der Waals surface area (Å²) in [4.78, 5) is 12.0. The van der Waals surface area contributed by atoms with Crippen molar-refractivity contribution in [2.45, 2.75) is 6.54 Å². The van der Waals surface area contributed by atoms with Gasteiger partial charge in [-0.05, 0) is 11.6 Å². The summed E-state index contributed by atoms with van der Waals surface area (Å²) in [6.07, 6.45) is 3.12. The summed E-state index contributed by atoms with van der Waals surface area (Å²) in [5, 5.41) is 14.1. The summed E-state index contributed by atoms with van der Waals surface area (Å²) < 4.78 is 1.69. The second-order valence-corrected chi connectivity index (χ2v) is 5.35. The Kier molecular flexibility index (Phi) is 4.13. The molecular formula is C14H11Cl2N5O. The number of hydrogen-bond acceptors (Lipinski definition) is 3. The van der Waals surface area contributed by atoms with Crippen molar-refractivity contribution >= 4 is 34.9 Å². The minimum absolute atomic E-state index is 0.197. The molecule has 2 aromatic heterocycles. The van der Waals surface area contributed by atoms with E-state index < -0.39 is 5.91 Å². The maximum Gasteiger partial charge on any atom is 0.276 e. The maximum absolute atomic E-state index is 12.0. The van der Waals surface area contributed by atoms with E-state index in [0.717, 1.165) is 5.56 Å². The molecule has 112 valence electrons. The third kappa shape index (κ3) is 3.13. The van der Waals surface area contributed by atoms with Gasteiger partial charge in [-0.25, -0.2) is 0 Å². The predicted molar refractivity (Wildman–Crippen MR) is 84.3 cm³/mol. The summed E-state index contributed by atoms with van der Waals surface area (Å²) in [7, 11) is 0. The Bertz CT molecular complexity index is 811. The van der Waals surface area contributed by atoms with E-state index in [0.29, 0.717) is 17.4 Å². The molecule has 0 atom stereocenters. The summed E-state index contributed by atoms with van der Waals surface area (Å²) >= 11 is 11.9. The molecule has 0 saturated heterocycles. The van der Waals surface area contributed by atoms with Crippen LogP contribution in [0.4, 0.5) is 5.82 Å². The largest absolute Gasteiger partial charge is 0.304 e. The van der Waals surface area contributed by atoms with Crippen LogP contribution in [0.15, 0.2) is 42.7 Å². The number of carbonyl (C=O) groups is 1. The van der Waals surface area contributed by atoms with Crippen LogP contribution in [0.1, 0.15) is 16.1 Å². The highest BCUT2D eigenvalue weighted by Crippen LogP contribution is 2.17. The number of aromatic nitrogens is 4. The smallest absolute Gasteiger partial charge is 0.276 e. The van der Waals surface area contributed by atoms with Gasteiger partial charge >= 0.3 is 0 Å². The van der Waals surface area contributed by atoms with Crippen molar-refractivity contribution < 1.29 is 4.79 Å². The van der Waals surface area contributed by atoms with Crippen molar-refractivity contribution in [3.05, 3.63) is 64.0 Å². The molecule has 0 bridgehead atoms. The number of nitrogens with one attached hydrogen (secondary N) is 2. The van der Waals surface area contributed by atoms with Gasteiger partial charge in [0.05, 0.1) is 17.8 Å². The van der Waals surface area contributed by atoms with Crippen molar-refractivity contribution in [3.63, 3.8) is 0 Å². The fourth-order valence-electron chi connectivity index (χ4n) is 1.93. The van der Waals surface area contributed by atoms with Crippen LogP contribution in [0.3, 0.4) is 0 Å². The molecule has 1 amide bonds. The SMILES string of the molecule is O=C(Nc1ccn(Cc2ccccc2Cl)n1)c1[nH]ncc1Cl. The van der Waals surface area contributed by atoms with Gasteiger partial charge in [0, 0.05) is 17.3 Å². The van der Waals surface area contributed by atoms with Crippen LogP contribution < -0.4 is 5.32 Å². The highest BCUT2D eigenvalue weighted by Gasteiger charge is 2.13. The van der Waals surface area contributed by atoms with Crippen LogP contribution in [0.2, 0.25) is 10.0 Å². The summed E-state index contributed by atoms with van der Waals surface area (Å²) in [5.41, 5.74) is 1.14. The fourth-order valence-corrected chi connectivity index (χ4v) is 2.30. The zero-order valence-corrected chi connectivity index (χ0v) is 12.8. The summed E-state index contributed by atoms with van der Waals surface area (Å²) in [6.45, 7) is 0.514. The van der Waals surface area contributed by atoms with Gasteiger partial charge in [-0.1, -0.05) is 41.4 Å². The zero-order chi connectivity index (χ0) is 15.5. The summed E-state index contributed by atoms with van der Waals surface area (Å²) in [5.74, 6) is 0.0215. The molecule has 1 aromatic carbocycles. The molecule has 3 rings (SSSR count). The number of hydrogen-bond donors (Lipinski definition) is 2. The van der Waals surface area contributed by atoms with Crippen molar-refractivity contribution in [2.75, 3.05) is 5.32 Å². The standard InChI is InChI=1S/C14H11Cl2N5O/c15-10-4-2-1-3-9(10)8-21-6-5-12(20-21)18-14(22)13-11(16)7-17-19-13/h1-7H,8H2,(H,17,19)(H,18,20,22). The predicted octanol–water partition coefficient (Wildman–Crippen LogP) is 3.21. The van der Waals surface area contributed by atoms with Gasteiger partial charge in [0.15, 0.2) is 5.82 Å². The van der Waals surface area contributed by atoms with Crippen LogP contribution in [0.5, 0.6) is 0 Å². The molecule has 0 aliphatic carbocycles. The van der Waals surface area contributed by atoms with E-state index >= 15 is 0 Å². The lowest BCUT2D eigenvalue weighted by atomic mass is 10.2. The first-order valence-corrected chi connectivity index (χ1v) is 7.16. The molecule has 0 aliphatic heterocycles. The molecule has 0 radical (unpaired) electrons. The molecule has 6 nitrogen and oxygen atoms in total. The highest BCUT2D eigenvalue weighted by molar-refractivity contribution is 6.34. The van der Waals surface area contributed by atoms with Crippen LogP contribution in [0.25, 0.3) is 0 Å². The van der Waals surface area contributed by atoms with Crippen molar-refractivity contribution in [2.24, 2.45) is 0 Å².